The lowest BCUT2D eigenvalue weighted by Crippen LogP contribution is -2.43. The molecule has 1 aliphatic carbocycles. The van der Waals surface area contributed by atoms with Crippen molar-refractivity contribution in [1.82, 2.24) is 30.1 Å². The predicted molar refractivity (Wildman–Crippen MR) is 189 cm³/mol. The van der Waals surface area contributed by atoms with Gasteiger partial charge in [-0.3, -0.25) is 9.69 Å². The van der Waals surface area contributed by atoms with Gasteiger partial charge >= 0.3 is 0 Å². The summed E-state index contributed by atoms with van der Waals surface area (Å²) in [4.78, 5) is 33.6. The van der Waals surface area contributed by atoms with Crippen LogP contribution in [0.2, 0.25) is 0 Å². The maximum absolute atomic E-state index is 12.7. The molecular formula is C38H44N8O. The summed E-state index contributed by atoms with van der Waals surface area (Å²) >= 11 is 0. The molecule has 1 amide bonds. The number of likely N-dealkylation sites (N-methyl/N-ethyl adjacent to an activating group) is 1. The molecule has 47 heavy (non-hydrogen) atoms. The summed E-state index contributed by atoms with van der Waals surface area (Å²) < 4.78 is 0. The Hall–Kier alpha value is -4.78. The molecule has 2 aromatic carbocycles. The number of carbonyl (C=O) groups excluding carboxylic acids is 1. The highest BCUT2D eigenvalue weighted by Gasteiger charge is 2.18. The summed E-state index contributed by atoms with van der Waals surface area (Å²) in [5.74, 6) is 7.51. The second-order valence-corrected chi connectivity index (χ2v) is 12.8. The lowest BCUT2D eigenvalue weighted by Gasteiger charge is -2.32. The van der Waals surface area contributed by atoms with Crippen molar-refractivity contribution in [2.45, 2.75) is 44.7 Å². The smallest absolute Gasteiger partial charge is 0.270 e. The van der Waals surface area contributed by atoms with Crippen molar-refractivity contribution in [2.75, 3.05) is 57.5 Å². The van der Waals surface area contributed by atoms with Crippen LogP contribution in [-0.2, 0) is 6.54 Å². The maximum atomic E-state index is 12.7. The van der Waals surface area contributed by atoms with Crippen molar-refractivity contribution >= 4 is 23.4 Å². The fraction of sp³-hybridized carbons (Fsp3) is 0.368. The van der Waals surface area contributed by atoms with E-state index < -0.39 is 0 Å². The molecule has 1 aliphatic heterocycles. The Morgan fingerprint density at radius 1 is 0.894 bits per heavy atom. The molecule has 242 valence electrons. The van der Waals surface area contributed by atoms with Gasteiger partial charge < -0.3 is 20.4 Å². The first-order valence-corrected chi connectivity index (χ1v) is 16.6. The van der Waals surface area contributed by atoms with E-state index in [0.29, 0.717) is 17.3 Å². The number of benzene rings is 2. The van der Waals surface area contributed by atoms with Crippen LogP contribution >= 0.6 is 0 Å². The summed E-state index contributed by atoms with van der Waals surface area (Å²) in [6.07, 6.45) is 7.55. The van der Waals surface area contributed by atoms with Crippen LogP contribution in [-0.4, -0.2) is 84.0 Å². The Labute approximate surface area is 278 Å². The largest absolute Gasteiger partial charge is 0.362 e. The number of carbonyl (C=O) groups is 1. The lowest BCUT2D eigenvalue weighted by molar-refractivity contribution is 0.0922. The molecule has 3 heterocycles. The van der Waals surface area contributed by atoms with Crippen molar-refractivity contribution < 1.29 is 4.79 Å². The fourth-order valence-electron chi connectivity index (χ4n) is 6.07. The van der Waals surface area contributed by atoms with Crippen molar-refractivity contribution in [3.63, 3.8) is 0 Å². The molecule has 2 aliphatic rings. The third-order valence-electron chi connectivity index (χ3n) is 8.86. The number of pyridine rings is 1. The molecule has 6 rings (SSSR count). The van der Waals surface area contributed by atoms with Gasteiger partial charge in [-0.1, -0.05) is 55.5 Å². The lowest BCUT2D eigenvalue weighted by atomic mass is 9.95. The molecule has 2 aromatic heterocycles. The standard InChI is InChI=1S/C38H44N8O/c1-44(2)36-34(30-17-12-29(13-18-30)27-46-24-22-45(3)23-25-46)26-39-38(43-36)42-33-20-15-28(16-21-33)14-19-32-10-7-11-35(40-32)37(47)41-31-8-5-4-6-9-31/h7,10-13,15-18,20-21,26,31H,4-6,8-9,22-25,27H2,1-3H3,(H,41,47)(H,39,42,43). The van der Waals surface area contributed by atoms with Crippen LogP contribution in [0.4, 0.5) is 17.5 Å². The number of amides is 1. The van der Waals surface area contributed by atoms with E-state index in [-0.39, 0.29) is 11.9 Å². The van der Waals surface area contributed by atoms with Crippen LogP contribution in [0, 0.1) is 11.8 Å². The van der Waals surface area contributed by atoms with Crippen LogP contribution in [0.15, 0.2) is 72.9 Å². The second-order valence-electron chi connectivity index (χ2n) is 12.8. The Morgan fingerprint density at radius 3 is 2.36 bits per heavy atom. The number of aromatic nitrogens is 3. The number of hydrogen-bond donors (Lipinski definition) is 2. The first-order chi connectivity index (χ1) is 22.9. The van der Waals surface area contributed by atoms with Gasteiger partial charge in [-0.15, -0.1) is 0 Å². The van der Waals surface area contributed by atoms with Crippen LogP contribution in [0.1, 0.15) is 59.4 Å². The zero-order valence-electron chi connectivity index (χ0n) is 27.7. The van der Waals surface area contributed by atoms with Gasteiger partial charge in [0.2, 0.25) is 5.95 Å². The quantitative estimate of drug-likeness (QED) is 0.246. The number of hydrogen-bond acceptors (Lipinski definition) is 8. The molecule has 1 saturated carbocycles. The highest BCUT2D eigenvalue weighted by atomic mass is 16.1. The first-order valence-electron chi connectivity index (χ1n) is 16.6. The summed E-state index contributed by atoms with van der Waals surface area (Å²) in [5, 5.41) is 6.45. The van der Waals surface area contributed by atoms with Crippen molar-refractivity contribution in [3.8, 4) is 23.0 Å². The monoisotopic (exact) mass is 628 g/mol. The van der Waals surface area contributed by atoms with Gasteiger partial charge in [-0.25, -0.2) is 9.97 Å². The van der Waals surface area contributed by atoms with E-state index in [1.54, 1.807) is 6.07 Å². The number of nitrogens with one attached hydrogen (secondary N) is 2. The van der Waals surface area contributed by atoms with Gasteiger partial charge in [-0.2, -0.15) is 4.98 Å². The van der Waals surface area contributed by atoms with E-state index in [4.69, 9.17) is 4.98 Å². The number of nitrogens with zero attached hydrogens (tertiary/aromatic N) is 6. The van der Waals surface area contributed by atoms with E-state index in [2.05, 4.69) is 73.6 Å². The van der Waals surface area contributed by atoms with E-state index in [0.717, 1.165) is 73.8 Å². The topological polar surface area (TPSA) is 89.5 Å². The minimum absolute atomic E-state index is 0.127. The summed E-state index contributed by atoms with van der Waals surface area (Å²) in [6.45, 7) is 5.43. The minimum Gasteiger partial charge on any atom is -0.362 e. The van der Waals surface area contributed by atoms with Crippen LogP contribution < -0.4 is 15.5 Å². The first kappa shape index (κ1) is 32.2. The number of piperazine rings is 1. The molecule has 1 saturated heterocycles. The van der Waals surface area contributed by atoms with Crippen molar-refractivity contribution in [1.29, 1.82) is 0 Å². The molecule has 9 heteroatoms. The van der Waals surface area contributed by atoms with Crippen LogP contribution in [0.25, 0.3) is 11.1 Å². The summed E-state index contributed by atoms with van der Waals surface area (Å²) in [7, 11) is 6.18. The van der Waals surface area contributed by atoms with E-state index in [1.807, 2.05) is 61.6 Å². The third-order valence-corrected chi connectivity index (χ3v) is 8.86. The van der Waals surface area contributed by atoms with Crippen molar-refractivity contribution in [2.24, 2.45) is 0 Å². The molecule has 2 N–H and O–H groups in total. The average molecular weight is 629 g/mol. The molecule has 0 bridgehead atoms. The Morgan fingerprint density at radius 2 is 1.64 bits per heavy atom. The Kier molecular flexibility index (Phi) is 10.4. The van der Waals surface area contributed by atoms with Gasteiger partial charge in [0.25, 0.3) is 5.91 Å². The SMILES string of the molecule is CN1CCN(Cc2ccc(-c3cnc(Nc4ccc(C#Cc5cccc(C(=O)NC6CCCCC6)n5)cc4)nc3N(C)C)cc2)CC1. The second kappa shape index (κ2) is 15.2. The van der Waals surface area contributed by atoms with Crippen LogP contribution in [0.5, 0.6) is 0 Å². The molecule has 9 nitrogen and oxygen atoms in total. The molecule has 4 aromatic rings. The van der Waals surface area contributed by atoms with Gasteiger partial charge in [0.1, 0.15) is 17.2 Å². The Balaban J connectivity index is 1.08. The maximum Gasteiger partial charge on any atom is 0.270 e. The fourth-order valence-corrected chi connectivity index (χ4v) is 6.07. The predicted octanol–water partition coefficient (Wildman–Crippen LogP) is 5.56. The van der Waals surface area contributed by atoms with Crippen molar-refractivity contribution in [3.05, 3.63) is 95.4 Å². The normalized spacial score (nSPS) is 15.8. The molecular weight excluding hydrogens is 584 g/mol. The van der Waals surface area contributed by atoms with Crippen LogP contribution in [0.3, 0.4) is 0 Å². The van der Waals surface area contributed by atoms with E-state index >= 15 is 0 Å². The Bertz CT molecular complexity index is 1710. The van der Waals surface area contributed by atoms with E-state index in [1.165, 1.54) is 24.8 Å². The number of anilines is 3. The van der Waals surface area contributed by atoms with Gasteiger partial charge in [0.15, 0.2) is 0 Å². The summed E-state index contributed by atoms with van der Waals surface area (Å²) in [5.41, 5.74) is 6.08. The summed E-state index contributed by atoms with van der Waals surface area (Å²) in [6, 6.07) is 22.2. The molecule has 0 spiro atoms. The minimum atomic E-state index is -0.127. The number of rotatable bonds is 8. The molecule has 0 radical (unpaired) electrons. The zero-order chi connectivity index (χ0) is 32.6. The van der Waals surface area contributed by atoms with Gasteiger partial charge in [0.05, 0.1) is 0 Å². The molecule has 0 unspecified atom stereocenters. The average Bonchev–Trinajstić information content (AvgIpc) is 3.10. The third kappa shape index (κ3) is 8.73. The highest BCUT2D eigenvalue weighted by Crippen LogP contribution is 2.29. The molecule has 0 atom stereocenters. The molecule has 2 fully saturated rings. The van der Waals surface area contributed by atoms with Gasteiger partial charge in [-0.05, 0) is 73.3 Å². The van der Waals surface area contributed by atoms with Gasteiger partial charge in [0, 0.05) is 75.9 Å². The zero-order valence-corrected chi connectivity index (χ0v) is 27.7. The highest BCUT2D eigenvalue weighted by molar-refractivity contribution is 5.92. The van der Waals surface area contributed by atoms with E-state index in [9.17, 15) is 4.79 Å².